The molecule has 1 amide bonds. The number of hydrogen-bond acceptors (Lipinski definition) is 3. The van der Waals surface area contributed by atoms with Crippen molar-refractivity contribution >= 4 is 5.91 Å². The highest BCUT2D eigenvalue weighted by atomic mass is 16.5. The summed E-state index contributed by atoms with van der Waals surface area (Å²) in [6.45, 7) is 8.43. The Kier molecular flexibility index (Phi) is 5.20. The van der Waals surface area contributed by atoms with E-state index in [2.05, 4.69) is 16.8 Å². The molecule has 2 aliphatic rings. The zero-order valence-corrected chi connectivity index (χ0v) is 11.1. The molecule has 0 spiro atoms. The molecule has 2 aliphatic heterocycles. The summed E-state index contributed by atoms with van der Waals surface area (Å²) in [5.41, 5.74) is 0. The Labute approximate surface area is 109 Å². The van der Waals surface area contributed by atoms with Crippen LogP contribution in [0.25, 0.3) is 0 Å². The van der Waals surface area contributed by atoms with Gasteiger partial charge < -0.3 is 15.0 Å². The van der Waals surface area contributed by atoms with Crippen molar-refractivity contribution < 1.29 is 9.53 Å². The number of hydrogen-bond donors (Lipinski definition) is 1. The summed E-state index contributed by atoms with van der Waals surface area (Å²) in [6.07, 6.45) is 6.08. The molecule has 4 nitrogen and oxygen atoms in total. The van der Waals surface area contributed by atoms with Gasteiger partial charge >= 0.3 is 0 Å². The standard InChI is InChI=1S/C14H24N2O2/c1-2-14(17)15-11-12-3-7-16(8-4-12)13-5-9-18-10-6-13/h2,12-13H,1,3-11H2,(H,15,17). The summed E-state index contributed by atoms with van der Waals surface area (Å²) in [5.74, 6) is 0.576. The monoisotopic (exact) mass is 252 g/mol. The second-order valence-electron chi connectivity index (χ2n) is 5.27. The lowest BCUT2D eigenvalue weighted by atomic mass is 9.94. The minimum Gasteiger partial charge on any atom is -0.381 e. The van der Waals surface area contributed by atoms with Crippen LogP contribution in [0.5, 0.6) is 0 Å². The van der Waals surface area contributed by atoms with Gasteiger partial charge in [0.2, 0.25) is 5.91 Å². The fourth-order valence-corrected chi connectivity index (χ4v) is 2.89. The van der Waals surface area contributed by atoms with E-state index in [4.69, 9.17) is 4.74 Å². The lowest BCUT2D eigenvalue weighted by molar-refractivity contribution is -0.116. The van der Waals surface area contributed by atoms with E-state index in [1.165, 1.54) is 44.8 Å². The minimum atomic E-state index is -0.0538. The van der Waals surface area contributed by atoms with Crippen LogP contribution in [0.15, 0.2) is 12.7 Å². The SMILES string of the molecule is C=CC(=O)NCC1CCN(C2CCOCC2)CC1. The molecule has 2 fully saturated rings. The normalized spacial score (nSPS) is 23.8. The largest absolute Gasteiger partial charge is 0.381 e. The molecule has 0 unspecified atom stereocenters. The highest BCUT2D eigenvalue weighted by molar-refractivity contribution is 5.86. The fraction of sp³-hybridized carbons (Fsp3) is 0.786. The van der Waals surface area contributed by atoms with E-state index in [-0.39, 0.29) is 5.91 Å². The number of ether oxygens (including phenoxy) is 1. The Morgan fingerprint density at radius 2 is 1.94 bits per heavy atom. The zero-order valence-electron chi connectivity index (χ0n) is 11.1. The molecule has 0 radical (unpaired) electrons. The third kappa shape index (κ3) is 3.82. The lowest BCUT2D eigenvalue weighted by Crippen LogP contribution is -2.45. The van der Waals surface area contributed by atoms with E-state index in [1.54, 1.807) is 0 Å². The van der Waals surface area contributed by atoms with E-state index in [0.717, 1.165) is 25.8 Å². The summed E-state index contributed by atoms with van der Waals surface area (Å²) < 4.78 is 5.41. The molecule has 0 atom stereocenters. The Balaban J connectivity index is 1.67. The van der Waals surface area contributed by atoms with Crippen molar-refractivity contribution in [2.75, 3.05) is 32.8 Å². The van der Waals surface area contributed by atoms with E-state index in [9.17, 15) is 4.79 Å². The van der Waals surface area contributed by atoms with Gasteiger partial charge in [-0.05, 0) is 50.8 Å². The van der Waals surface area contributed by atoms with Gasteiger partial charge in [-0.25, -0.2) is 0 Å². The number of rotatable bonds is 4. The molecule has 0 aliphatic carbocycles. The molecule has 2 rings (SSSR count). The third-order valence-electron chi connectivity index (χ3n) is 4.11. The summed E-state index contributed by atoms with van der Waals surface area (Å²) in [7, 11) is 0. The summed E-state index contributed by atoms with van der Waals surface area (Å²) in [5, 5.41) is 2.90. The molecule has 0 aromatic carbocycles. The smallest absolute Gasteiger partial charge is 0.243 e. The van der Waals surface area contributed by atoms with Gasteiger partial charge in [0.25, 0.3) is 0 Å². The summed E-state index contributed by atoms with van der Waals surface area (Å²) in [4.78, 5) is 13.7. The van der Waals surface area contributed by atoms with E-state index in [1.807, 2.05) is 0 Å². The van der Waals surface area contributed by atoms with Crippen LogP contribution < -0.4 is 5.32 Å². The molecule has 102 valence electrons. The first-order valence-corrected chi connectivity index (χ1v) is 7.01. The molecule has 18 heavy (non-hydrogen) atoms. The minimum absolute atomic E-state index is 0.0538. The molecule has 0 saturated carbocycles. The van der Waals surface area contributed by atoms with Gasteiger partial charge in [-0.15, -0.1) is 0 Å². The number of piperidine rings is 1. The molecular formula is C14H24N2O2. The van der Waals surface area contributed by atoms with Crippen LogP contribution in [0.2, 0.25) is 0 Å². The van der Waals surface area contributed by atoms with Crippen molar-refractivity contribution in [1.29, 1.82) is 0 Å². The van der Waals surface area contributed by atoms with Crippen LogP contribution in [-0.2, 0) is 9.53 Å². The summed E-state index contributed by atoms with van der Waals surface area (Å²) >= 11 is 0. The van der Waals surface area contributed by atoms with Gasteiger partial charge in [-0.1, -0.05) is 6.58 Å². The van der Waals surface area contributed by atoms with Crippen LogP contribution in [0.3, 0.4) is 0 Å². The second-order valence-corrected chi connectivity index (χ2v) is 5.27. The van der Waals surface area contributed by atoms with E-state index >= 15 is 0 Å². The van der Waals surface area contributed by atoms with Crippen LogP contribution in [-0.4, -0.2) is 49.7 Å². The number of amides is 1. The summed E-state index contributed by atoms with van der Waals surface area (Å²) in [6, 6.07) is 0.725. The third-order valence-corrected chi connectivity index (χ3v) is 4.11. The first kappa shape index (κ1) is 13.6. The average molecular weight is 252 g/mol. The van der Waals surface area contributed by atoms with Crippen molar-refractivity contribution in [3.05, 3.63) is 12.7 Å². The van der Waals surface area contributed by atoms with Gasteiger partial charge in [-0.2, -0.15) is 0 Å². The van der Waals surface area contributed by atoms with Gasteiger partial charge in [0.1, 0.15) is 0 Å². The van der Waals surface area contributed by atoms with E-state index in [0.29, 0.717) is 5.92 Å². The van der Waals surface area contributed by atoms with Crippen molar-refractivity contribution in [2.24, 2.45) is 5.92 Å². The fourth-order valence-electron chi connectivity index (χ4n) is 2.89. The van der Waals surface area contributed by atoms with Gasteiger partial charge in [0, 0.05) is 25.8 Å². The highest BCUT2D eigenvalue weighted by Gasteiger charge is 2.26. The average Bonchev–Trinajstić information content (AvgIpc) is 2.46. The second kappa shape index (κ2) is 6.90. The molecular weight excluding hydrogens is 228 g/mol. The van der Waals surface area contributed by atoms with Crippen LogP contribution in [0.1, 0.15) is 25.7 Å². The molecule has 0 aromatic rings. The predicted molar refractivity (Wildman–Crippen MR) is 71.3 cm³/mol. The maximum Gasteiger partial charge on any atom is 0.243 e. The molecule has 1 N–H and O–H groups in total. The number of likely N-dealkylation sites (tertiary alicyclic amines) is 1. The van der Waals surface area contributed by atoms with Gasteiger partial charge in [-0.3, -0.25) is 4.79 Å². The number of carbonyl (C=O) groups is 1. The molecule has 2 heterocycles. The van der Waals surface area contributed by atoms with Crippen molar-refractivity contribution in [3.63, 3.8) is 0 Å². The highest BCUT2D eigenvalue weighted by Crippen LogP contribution is 2.22. The molecule has 2 saturated heterocycles. The zero-order chi connectivity index (χ0) is 12.8. The first-order valence-electron chi connectivity index (χ1n) is 7.01. The van der Waals surface area contributed by atoms with Gasteiger partial charge in [0.05, 0.1) is 0 Å². The Bertz CT molecular complexity index is 280. The van der Waals surface area contributed by atoms with Crippen molar-refractivity contribution in [2.45, 2.75) is 31.7 Å². The molecule has 4 heteroatoms. The van der Waals surface area contributed by atoms with Crippen LogP contribution in [0.4, 0.5) is 0 Å². The quantitative estimate of drug-likeness (QED) is 0.764. The van der Waals surface area contributed by atoms with Crippen molar-refractivity contribution in [3.8, 4) is 0 Å². The Morgan fingerprint density at radius 3 is 2.56 bits per heavy atom. The van der Waals surface area contributed by atoms with Crippen LogP contribution >= 0.6 is 0 Å². The first-order chi connectivity index (χ1) is 8.79. The van der Waals surface area contributed by atoms with Gasteiger partial charge in [0.15, 0.2) is 0 Å². The number of nitrogens with zero attached hydrogens (tertiary/aromatic N) is 1. The molecule has 0 aromatic heterocycles. The molecule has 0 bridgehead atoms. The number of nitrogens with one attached hydrogen (secondary N) is 1. The lowest BCUT2D eigenvalue weighted by Gasteiger charge is -2.39. The van der Waals surface area contributed by atoms with Crippen LogP contribution in [0, 0.1) is 5.92 Å². The topological polar surface area (TPSA) is 41.6 Å². The Morgan fingerprint density at radius 1 is 1.28 bits per heavy atom. The maximum absolute atomic E-state index is 11.1. The maximum atomic E-state index is 11.1. The number of carbonyl (C=O) groups excluding carboxylic acids is 1. The predicted octanol–water partition coefficient (Wildman–Crippen LogP) is 1.18. The Hall–Kier alpha value is -0.870. The van der Waals surface area contributed by atoms with Crippen molar-refractivity contribution in [1.82, 2.24) is 10.2 Å². The van der Waals surface area contributed by atoms with E-state index < -0.39 is 0 Å².